The SMILES string of the molecule is CNNC(=O)c1cccccccs1. The van der Waals surface area contributed by atoms with Crippen LogP contribution in [-0.4, -0.2) is 13.0 Å². The van der Waals surface area contributed by atoms with E-state index in [4.69, 9.17) is 0 Å². The first-order valence-corrected chi connectivity index (χ1v) is 5.06. The molecule has 0 aliphatic rings. The fraction of sp³-hybridized carbons (Fsp3) is 0.100. The van der Waals surface area contributed by atoms with Crippen molar-refractivity contribution in [3.63, 3.8) is 0 Å². The third kappa shape index (κ3) is 3.55. The van der Waals surface area contributed by atoms with Gasteiger partial charge in [0.05, 0.1) is 4.88 Å². The molecule has 0 fully saturated rings. The maximum Gasteiger partial charge on any atom is 0.275 e. The van der Waals surface area contributed by atoms with Gasteiger partial charge in [0.25, 0.3) is 5.91 Å². The Labute approximate surface area is 87.1 Å². The van der Waals surface area contributed by atoms with Gasteiger partial charge in [0.15, 0.2) is 0 Å². The number of nitrogens with one attached hydrogen (secondary N) is 2. The first-order chi connectivity index (χ1) is 6.84. The van der Waals surface area contributed by atoms with Gasteiger partial charge < -0.3 is 0 Å². The summed E-state index contributed by atoms with van der Waals surface area (Å²) in [5.74, 6) is -0.131. The van der Waals surface area contributed by atoms with Crippen molar-refractivity contribution in [2.45, 2.75) is 0 Å². The van der Waals surface area contributed by atoms with E-state index in [1.165, 1.54) is 11.3 Å². The van der Waals surface area contributed by atoms with Crippen molar-refractivity contribution in [3.05, 3.63) is 46.7 Å². The highest BCUT2D eigenvalue weighted by atomic mass is 32.1. The van der Waals surface area contributed by atoms with Gasteiger partial charge in [0.1, 0.15) is 0 Å². The molecule has 0 atom stereocenters. The highest BCUT2D eigenvalue weighted by Gasteiger charge is 2.00. The van der Waals surface area contributed by atoms with Gasteiger partial charge in [-0.25, -0.2) is 5.43 Å². The molecular weight excluding hydrogens is 196 g/mol. The molecule has 2 N–H and O–H groups in total. The zero-order valence-corrected chi connectivity index (χ0v) is 8.67. The summed E-state index contributed by atoms with van der Waals surface area (Å²) < 4.78 is 0. The average Bonchev–Trinajstić information content (AvgIpc) is 2.30. The van der Waals surface area contributed by atoms with Gasteiger partial charge in [0.2, 0.25) is 0 Å². The molecule has 74 valence electrons. The lowest BCUT2D eigenvalue weighted by molar-refractivity contribution is 0.0942. The molecule has 0 saturated heterocycles. The first-order valence-electron chi connectivity index (χ1n) is 4.18. The molecule has 3 nitrogen and oxygen atoms in total. The van der Waals surface area contributed by atoms with Crippen LogP contribution >= 0.6 is 11.3 Å². The van der Waals surface area contributed by atoms with Crippen molar-refractivity contribution in [1.82, 2.24) is 10.9 Å². The number of hydrogen-bond acceptors (Lipinski definition) is 3. The van der Waals surface area contributed by atoms with E-state index in [1.807, 2.05) is 35.7 Å². The zero-order valence-electron chi connectivity index (χ0n) is 7.86. The van der Waals surface area contributed by atoms with Crippen molar-refractivity contribution in [2.24, 2.45) is 0 Å². The van der Waals surface area contributed by atoms with E-state index in [9.17, 15) is 4.79 Å². The van der Waals surface area contributed by atoms with Gasteiger partial charge >= 0.3 is 0 Å². The largest absolute Gasteiger partial charge is 0.287 e. The van der Waals surface area contributed by atoms with E-state index in [2.05, 4.69) is 10.9 Å². The van der Waals surface area contributed by atoms with Crippen LogP contribution in [0.2, 0.25) is 0 Å². The van der Waals surface area contributed by atoms with Crippen molar-refractivity contribution in [2.75, 3.05) is 7.05 Å². The van der Waals surface area contributed by atoms with Crippen molar-refractivity contribution >= 4 is 17.2 Å². The number of carbonyl (C=O) groups excluding carboxylic acids is 1. The van der Waals surface area contributed by atoms with E-state index in [0.29, 0.717) is 4.88 Å². The number of carbonyl (C=O) groups is 1. The second-order valence-electron chi connectivity index (χ2n) is 2.45. The van der Waals surface area contributed by atoms with Crippen LogP contribution in [0.25, 0.3) is 0 Å². The Morgan fingerprint density at radius 1 is 1.21 bits per heavy atom. The van der Waals surface area contributed by atoms with Crippen LogP contribution in [0.5, 0.6) is 0 Å². The second-order valence-corrected chi connectivity index (χ2v) is 3.40. The van der Waals surface area contributed by atoms with Gasteiger partial charge in [0, 0.05) is 7.05 Å². The minimum atomic E-state index is -0.131. The molecule has 0 radical (unpaired) electrons. The number of hydrogen-bond donors (Lipinski definition) is 2. The van der Waals surface area contributed by atoms with Crippen molar-refractivity contribution in [1.29, 1.82) is 0 Å². The molecule has 0 bridgehead atoms. The second kappa shape index (κ2) is 6.12. The lowest BCUT2D eigenvalue weighted by Gasteiger charge is -1.98. The third-order valence-corrected chi connectivity index (χ3v) is 2.30. The highest BCUT2D eigenvalue weighted by Crippen LogP contribution is 2.02. The number of amides is 1. The lowest BCUT2D eigenvalue weighted by atomic mass is 10.4. The summed E-state index contributed by atoms with van der Waals surface area (Å²) in [5, 5.41) is 1.87. The standard InChI is InChI=1S/C10H12N2OS/c1-11-12-10(13)9-7-5-3-2-4-6-8-14-9/h2-8,11H,1H3,(H,12,13). The molecule has 0 aliphatic heterocycles. The summed E-state index contributed by atoms with van der Waals surface area (Å²) in [7, 11) is 1.66. The van der Waals surface area contributed by atoms with Crippen LogP contribution in [-0.2, 0) is 0 Å². The van der Waals surface area contributed by atoms with Crippen LogP contribution in [0.3, 0.4) is 0 Å². The molecule has 1 aromatic rings. The molecule has 0 spiro atoms. The summed E-state index contributed by atoms with van der Waals surface area (Å²) in [6.07, 6.45) is 0. The smallest absolute Gasteiger partial charge is 0.275 e. The van der Waals surface area contributed by atoms with Crippen molar-refractivity contribution < 1.29 is 4.79 Å². The van der Waals surface area contributed by atoms with Crippen LogP contribution in [0, 0.1) is 0 Å². The van der Waals surface area contributed by atoms with Gasteiger partial charge in [-0.15, -0.1) is 11.3 Å². The topological polar surface area (TPSA) is 41.1 Å². The normalized spacial score (nSPS) is 8.93. The van der Waals surface area contributed by atoms with Crippen LogP contribution in [0.1, 0.15) is 9.67 Å². The quantitative estimate of drug-likeness (QED) is 0.727. The predicted octanol–water partition coefficient (Wildman–Crippen LogP) is 1.74. The Kier molecular flexibility index (Phi) is 4.68. The first kappa shape index (κ1) is 10.7. The van der Waals surface area contributed by atoms with E-state index >= 15 is 0 Å². The molecule has 0 saturated carbocycles. The fourth-order valence-corrected chi connectivity index (χ4v) is 1.47. The van der Waals surface area contributed by atoms with E-state index in [1.54, 1.807) is 13.1 Å². The molecule has 1 amide bonds. The predicted molar refractivity (Wildman–Crippen MR) is 58.5 cm³/mol. The lowest BCUT2D eigenvalue weighted by Crippen LogP contribution is -2.33. The van der Waals surface area contributed by atoms with Gasteiger partial charge in [-0.3, -0.25) is 10.2 Å². The average molecular weight is 208 g/mol. The Bertz CT molecular complexity index is 324. The summed E-state index contributed by atoms with van der Waals surface area (Å²) >= 11 is 1.38. The van der Waals surface area contributed by atoms with Crippen LogP contribution in [0.4, 0.5) is 0 Å². The third-order valence-electron chi connectivity index (χ3n) is 1.43. The monoisotopic (exact) mass is 208 g/mol. The molecule has 1 heterocycles. The Morgan fingerprint density at radius 2 is 1.93 bits per heavy atom. The molecule has 1 aromatic heterocycles. The number of rotatable bonds is 2. The Balaban J connectivity index is 2.99. The maximum absolute atomic E-state index is 11.4. The van der Waals surface area contributed by atoms with E-state index in [0.717, 1.165) is 0 Å². The molecule has 1 rings (SSSR count). The van der Waals surface area contributed by atoms with E-state index < -0.39 is 0 Å². The minimum Gasteiger partial charge on any atom is -0.287 e. The van der Waals surface area contributed by atoms with Gasteiger partial charge in [-0.2, -0.15) is 0 Å². The zero-order chi connectivity index (χ0) is 10.2. The molecule has 0 aliphatic carbocycles. The Morgan fingerprint density at radius 3 is 2.71 bits per heavy atom. The molecule has 0 aromatic carbocycles. The van der Waals surface area contributed by atoms with Gasteiger partial charge in [-0.05, 0) is 11.4 Å². The maximum atomic E-state index is 11.4. The fourth-order valence-electron chi connectivity index (χ4n) is 0.837. The van der Waals surface area contributed by atoms with Crippen LogP contribution < -0.4 is 10.9 Å². The molecular formula is C10H12N2OS. The van der Waals surface area contributed by atoms with Crippen molar-refractivity contribution in [3.8, 4) is 0 Å². The summed E-state index contributed by atoms with van der Waals surface area (Å²) in [6, 6.07) is 11.2. The highest BCUT2D eigenvalue weighted by molar-refractivity contribution is 7.11. The number of hydrazine groups is 1. The summed E-state index contributed by atoms with van der Waals surface area (Å²) in [5.41, 5.74) is 5.12. The summed E-state index contributed by atoms with van der Waals surface area (Å²) in [6.45, 7) is 0. The minimum absolute atomic E-state index is 0.131. The molecule has 0 unspecified atom stereocenters. The molecule has 14 heavy (non-hydrogen) atoms. The van der Waals surface area contributed by atoms with Crippen LogP contribution in [0.15, 0.2) is 41.8 Å². The van der Waals surface area contributed by atoms with Gasteiger partial charge in [-0.1, -0.05) is 30.3 Å². The van der Waals surface area contributed by atoms with E-state index in [-0.39, 0.29) is 5.91 Å². The Hall–Kier alpha value is -1.39. The summed E-state index contributed by atoms with van der Waals surface area (Å²) in [4.78, 5) is 12.1. The molecule has 4 heteroatoms.